The van der Waals surface area contributed by atoms with E-state index in [9.17, 15) is 0 Å². The highest BCUT2D eigenvalue weighted by atomic mass is 32.2. The molecule has 3 nitrogen and oxygen atoms in total. The SMILES string of the molecule is C=C/C=C(\C=C/C)NSc1ccccc1N.CC.CC.CN. The van der Waals surface area contributed by atoms with Crippen molar-refractivity contribution in [2.45, 2.75) is 39.5 Å². The zero-order chi connectivity index (χ0) is 17.8. The maximum Gasteiger partial charge on any atom is 0.0514 e. The van der Waals surface area contributed by atoms with Crippen molar-refractivity contribution in [2.24, 2.45) is 5.73 Å². The molecule has 0 fully saturated rings. The summed E-state index contributed by atoms with van der Waals surface area (Å²) in [5.74, 6) is 0. The van der Waals surface area contributed by atoms with Gasteiger partial charge in [0.1, 0.15) is 0 Å². The van der Waals surface area contributed by atoms with E-state index in [1.807, 2.05) is 77.1 Å². The van der Waals surface area contributed by atoms with Crippen LogP contribution in [0.5, 0.6) is 0 Å². The molecule has 0 spiro atoms. The lowest BCUT2D eigenvalue weighted by Gasteiger charge is -2.07. The van der Waals surface area contributed by atoms with Gasteiger partial charge in [-0.3, -0.25) is 0 Å². The molecule has 0 heterocycles. The summed E-state index contributed by atoms with van der Waals surface area (Å²) in [5.41, 5.74) is 12.1. The van der Waals surface area contributed by atoms with Gasteiger partial charge in [0.25, 0.3) is 0 Å². The lowest BCUT2D eigenvalue weighted by Crippen LogP contribution is -2.01. The van der Waals surface area contributed by atoms with E-state index >= 15 is 0 Å². The summed E-state index contributed by atoms with van der Waals surface area (Å²) in [7, 11) is 1.50. The van der Waals surface area contributed by atoms with Crippen LogP contribution in [0.2, 0.25) is 0 Å². The molecule has 0 radical (unpaired) electrons. The summed E-state index contributed by atoms with van der Waals surface area (Å²) in [6, 6.07) is 7.75. The molecule has 1 rings (SSSR count). The zero-order valence-corrected chi connectivity index (χ0v) is 15.7. The molecule has 1 aromatic carbocycles. The second-order valence-electron chi connectivity index (χ2n) is 3.10. The minimum atomic E-state index is 0.776. The monoisotopic (exact) mass is 323 g/mol. The molecule has 0 aromatic heterocycles. The van der Waals surface area contributed by atoms with Crippen molar-refractivity contribution in [3.8, 4) is 0 Å². The topological polar surface area (TPSA) is 64.1 Å². The Morgan fingerprint density at radius 2 is 1.68 bits per heavy atom. The third-order valence-electron chi connectivity index (χ3n) is 1.84. The van der Waals surface area contributed by atoms with Gasteiger partial charge in [-0.2, -0.15) is 0 Å². The van der Waals surface area contributed by atoms with Crippen molar-refractivity contribution in [2.75, 3.05) is 12.8 Å². The molecule has 0 amide bonds. The normalized spacial score (nSPS) is 9.32. The van der Waals surface area contributed by atoms with E-state index in [-0.39, 0.29) is 0 Å². The van der Waals surface area contributed by atoms with Crippen LogP contribution in [0.1, 0.15) is 34.6 Å². The molecule has 0 atom stereocenters. The van der Waals surface area contributed by atoms with Gasteiger partial charge in [-0.05, 0) is 50.2 Å². The molecule has 22 heavy (non-hydrogen) atoms. The molecule has 0 bridgehead atoms. The van der Waals surface area contributed by atoms with Crippen LogP contribution in [-0.2, 0) is 0 Å². The van der Waals surface area contributed by atoms with Crippen LogP contribution in [0, 0.1) is 0 Å². The van der Waals surface area contributed by atoms with Crippen LogP contribution >= 0.6 is 11.9 Å². The Hall–Kier alpha value is -1.65. The van der Waals surface area contributed by atoms with Crippen molar-refractivity contribution in [3.05, 3.63) is 60.8 Å². The van der Waals surface area contributed by atoms with Gasteiger partial charge in [0, 0.05) is 11.4 Å². The summed E-state index contributed by atoms with van der Waals surface area (Å²) in [5, 5.41) is 0. The number of rotatable bonds is 5. The Kier molecular flexibility index (Phi) is 24.9. The maximum absolute atomic E-state index is 5.84. The first kappa shape index (κ1) is 25.3. The van der Waals surface area contributed by atoms with E-state index in [1.54, 1.807) is 6.08 Å². The Morgan fingerprint density at radius 1 is 1.14 bits per heavy atom. The molecule has 0 saturated heterocycles. The van der Waals surface area contributed by atoms with Gasteiger partial charge in [0.2, 0.25) is 0 Å². The van der Waals surface area contributed by atoms with Crippen molar-refractivity contribution >= 4 is 17.6 Å². The van der Waals surface area contributed by atoms with Gasteiger partial charge in [0.15, 0.2) is 0 Å². The highest BCUT2D eigenvalue weighted by Gasteiger charge is 1.98. The number of nitrogen functional groups attached to an aromatic ring is 1. The zero-order valence-electron chi connectivity index (χ0n) is 14.9. The summed E-state index contributed by atoms with van der Waals surface area (Å²) in [6.45, 7) is 13.6. The number of nitrogens with one attached hydrogen (secondary N) is 1. The first-order valence-corrected chi connectivity index (χ1v) is 8.40. The van der Waals surface area contributed by atoms with E-state index in [0.717, 1.165) is 16.3 Å². The average molecular weight is 324 g/mol. The van der Waals surface area contributed by atoms with Gasteiger partial charge in [0.05, 0.1) is 4.90 Å². The first-order chi connectivity index (χ1) is 10.8. The number of hydrogen-bond donors (Lipinski definition) is 3. The van der Waals surface area contributed by atoms with Gasteiger partial charge >= 0.3 is 0 Å². The van der Waals surface area contributed by atoms with E-state index in [2.05, 4.69) is 17.0 Å². The van der Waals surface area contributed by atoms with Crippen LogP contribution < -0.4 is 16.2 Å². The predicted octanol–water partition coefficient (Wildman–Crippen LogP) is 5.14. The molecule has 0 saturated carbocycles. The van der Waals surface area contributed by atoms with E-state index in [0.29, 0.717) is 0 Å². The van der Waals surface area contributed by atoms with E-state index in [1.165, 1.54) is 19.0 Å². The lowest BCUT2D eigenvalue weighted by molar-refractivity contribution is 1.27. The Labute approximate surface area is 141 Å². The molecule has 4 heteroatoms. The van der Waals surface area contributed by atoms with Crippen LogP contribution in [0.25, 0.3) is 0 Å². The molecule has 0 aliphatic rings. The van der Waals surface area contributed by atoms with Gasteiger partial charge in [-0.15, -0.1) is 0 Å². The number of hydrogen-bond acceptors (Lipinski definition) is 4. The fourth-order valence-electron chi connectivity index (χ4n) is 1.12. The third-order valence-corrected chi connectivity index (χ3v) is 2.77. The smallest absolute Gasteiger partial charge is 0.0514 e. The highest BCUT2D eigenvalue weighted by molar-refractivity contribution is 7.97. The van der Waals surface area contributed by atoms with Gasteiger partial charge in [-0.25, -0.2) is 0 Å². The molecule has 0 aliphatic carbocycles. The molecule has 0 unspecified atom stereocenters. The number of para-hydroxylation sites is 1. The Balaban J connectivity index is -0.000000535. The molecular formula is C18H33N3S. The van der Waals surface area contributed by atoms with E-state index < -0.39 is 0 Å². The number of nitrogens with two attached hydrogens (primary N) is 2. The largest absolute Gasteiger partial charge is 0.398 e. The van der Waals surface area contributed by atoms with Crippen molar-refractivity contribution in [3.63, 3.8) is 0 Å². The fraction of sp³-hybridized carbons (Fsp3) is 0.333. The third kappa shape index (κ3) is 13.3. The summed E-state index contributed by atoms with van der Waals surface area (Å²) >= 11 is 1.49. The van der Waals surface area contributed by atoms with Gasteiger partial charge < -0.3 is 16.2 Å². The number of benzene rings is 1. The molecule has 1 aromatic rings. The fourth-order valence-corrected chi connectivity index (χ4v) is 1.81. The summed E-state index contributed by atoms with van der Waals surface area (Å²) in [4.78, 5) is 1.02. The second kappa shape index (κ2) is 21.6. The van der Waals surface area contributed by atoms with Crippen LogP contribution in [0.3, 0.4) is 0 Å². The summed E-state index contributed by atoms with van der Waals surface area (Å²) in [6.07, 6.45) is 7.61. The van der Waals surface area contributed by atoms with Crippen molar-refractivity contribution in [1.82, 2.24) is 4.72 Å². The Morgan fingerprint density at radius 3 is 2.14 bits per heavy atom. The molecule has 5 N–H and O–H groups in total. The van der Waals surface area contributed by atoms with Crippen molar-refractivity contribution in [1.29, 1.82) is 0 Å². The quantitative estimate of drug-likeness (QED) is 0.399. The minimum Gasteiger partial charge on any atom is -0.398 e. The van der Waals surface area contributed by atoms with Crippen LogP contribution in [0.15, 0.2) is 65.7 Å². The lowest BCUT2D eigenvalue weighted by atomic mass is 10.3. The van der Waals surface area contributed by atoms with Crippen LogP contribution in [-0.4, -0.2) is 7.05 Å². The average Bonchev–Trinajstić information content (AvgIpc) is 2.60. The number of allylic oxidation sites excluding steroid dienone is 4. The summed E-state index contributed by atoms with van der Waals surface area (Å²) < 4.78 is 3.22. The predicted molar refractivity (Wildman–Crippen MR) is 106 cm³/mol. The second-order valence-corrected chi connectivity index (χ2v) is 3.95. The van der Waals surface area contributed by atoms with Crippen molar-refractivity contribution < 1.29 is 0 Å². The molecule has 126 valence electrons. The minimum absolute atomic E-state index is 0.776. The number of anilines is 1. The molecule has 0 aliphatic heterocycles. The van der Waals surface area contributed by atoms with Gasteiger partial charge in [-0.1, -0.05) is 58.6 Å². The Bertz CT molecular complexity index is 413. The maximum atomic E-state index is 5.84. The van der Waals surface area contributed by atoms with E-state index in [4.69, 9.17) is 5.73 Å². The molecular weight excluding hydrogens is 290 g/mol. The highest BCUT2D eigenvalue weighted by Crippen LogP contribution is 2.22. The first-order valence-electron chi connectivity index (χ1n) is 7.58. The standard InChI is InChI=1S/C13H16N2S.2C2H6.CH5N/c1-3-7-11(8-4-2)15-16-13-10-6-5-9-12(13)14;3*1-2/h3-10,15H,1,14H2,2H3;2*1-2H3;2H2,1H3/b8-4-,11-7+;;;. The van der Waals surface area contributed by atoms with Crippen LogP contribution in [0.4, 0.5) is 5.69 Å².